The lowest BCUT2D eigenvalue weighted by Crippen LogP contribution is -2.59. The van der Waals surface area contributed by atoms with Crippen LogP contribution in [-0.2, 0) is 28.5 Å². The summed E-state index contributed by atoms with van der Waals surface area (Å²) in [5.41, 5.74) is 0. The first kappa shape index (κ1) is 55.9. The molecule has 1 heterocycles. The summed E-state index contributed by atoms with van der Waals surface area (Å²) in [6.45, 7) is 3.38. The van der Waals surface area contributed by atoms with Crippen LogP contribution in [0.2, 0.25) is 0 Å². The average Bonchev–Trinajstić information content (AvgIpc) is 3.25. The number of aliphatic hydroxyl groups is 4. The molecule has 0 aromatic rings. The summed E-state index contributed by atoms with van der Waals surface area (Å²) in [5, 5.41) is 40.1. The zero-order chi connectivity index (χ0) is 43.7. The number of ether oxygens (including phenoxy) is 4. The van der Waals surface area contributed by atoms with Gasteiger partial charge in [-0.15, -0.1) is 0 Å². The summed E-state index contributed by atoms with van der Waals surface area (Å²) in [6.07, 6.45) is 40.1. The van der Waals surface area contributed by atoms with Crippen molar-refractivity contribution in [2.24, 2.45) is 0 Å². The number of carbonyl (C=O) groups is 2. The summed E-state index contributed by atoms with van der Waals surface area (Å²) in [7, 11) is 0. The molecule has 0 aromatic heterocycles. The minimum Gasteiger partial charge on any atom is -0.462 e. The van der Waals surface area contributed by atoms with Crippen molar-refractivity contribution in [3.63, 3.8) is 0 Å². The first-order valence-electron chi connectivity index (χ1n) is 24.6. The molecule has 10 heteroatoms. The maximum Gasteiger partial charge on any atom is 0.306 e. The molecule has 0 bridgehead atoms. The minimum absolute atomic E-state index is 0.224. The first-order chi connectivity index (χ1) is 29.3. The van der Waals surface area contributed by atoms with E-state index in [1.54, 1.807) is 0 Å². The zero-order valence-electron chi connectivity index (χ0n) is 38.2. The van der Waals surface area contributed by atoms with Crippen molar-refractivity contribution < 1.29 is 49.0 Å². The van der Waals surface area contributed by atoms with E-state index in [0.29, 0.717) is 12.8 Å². The lowest BCUT2D eigenvalue weighted by Gasteiger charge is -2.39. The van der Waals surface area contributed by atoms with Gasteiger partial charge >= 0.3 is 11.9 Å². The molecule has 2 unspecified atom stereocenters. The van der Waals surface area contributed by atoms with Gasteiger partial charge in [0.2, 0.25) is 0 Å². The Morgan fingerprint density at radius 3 is 1.45 bits per heavy atom. The number of unbranched alkanes of at least 4 members (excludes halogenated alkanes) is 24. The molecular weight excluding hydrogens is 761 g/mol. The van der Waals surface area contributed by atoms with Gasteiger partial charge in [0.25, 0.3) is 0 Å². The molecule has 0 saturated carbocycles. The predicted octanol–water partition coefficient (Wildman–Crippen LogP) is 11.1. The lowest BCUT2D eigenvalue weighted by atomic mass is 9.99. The van der Waals surface area contributed by atoms with Crippen molar-refractivity contribution in [1.82, 2.24) is 0 Å². The summed E-state index contributed by atoms with van der Waals surface area (Å²) < 4.78 is 22.2. The molecular formula is C50H90O10. The zero-order valence-corrected chi connectivity index (χ0v) is 38.2. The van der Waals surface area contributed by atoms with Gasteiger partial charge < -0.3 is 39.4 Å². The van der Waals surface area contributed by atoms with Gasteiger partial charge in [-0.3, -0.25) is 9.59 Å². The van der Waals surface area contributed by atoms with Crippen molar-refractivity contribution in [3.8, 4) is 0 Å². The highest BCUT2D eigenvalue weighted by atomic mass is 16.7. The molecule has 1 rings (SSSR count). The maximum atomic E-state index is 12.8. The molecule has 0 aliphatic carbocycles. The largest absolute Gasteiger partial charge is 0.462 e. The maximum absolute atomic E-state index is 12.8. The fraction of sp³-hybridized carbons (Fsp3) is 0.840. The van der Waals surface area contributed by atoms with Crippen LogP contribution in [0.15, 0.2) is 36.5 Å². The second-order valence-electron chi connectivity index (χ2n) is 16.9. The Morgan fingerprint density at radius 1 is 0.517 bits per heavy atom. The van der Waals surface area contributed by atoms with Gasteiger partial charge in [-0.05, 0) is 64.2 Å². The molecule has 0 radical (unpaired) electrons. The summed E-state index contributed by atoms with van der Waals surface area (Å²) in [5.74, 6) is -0.819. The molecule has 10 nitrogen and oxygen atoms in total. The van der Waals surface area contributed by atoms with Crippen molar-refractivity contribution in [3.05, 3.63) is 36.5 Å². The summed E-state index contributed by atoms with van der Waals surface area (Å²) in [4.78, 5) is 25.4. The molecule has 6 atom stereocenters. The molecule has 350 valence electrons. The highest BCUT2D eigenvalue weighted by molar-refractivity contribution is 5.70. The normalized spacial score (nSPS) is 20.1. The van der Waals surface area contributed by atoms with Crippen molar-refractivity contribution in [1.29, 1.82) is 0 Å². The van der Waals surface area contributed by atoms with Crippen LogP contribution in [0, 0.1) is 0 Å². The van der Waals surface area contributed by atoms with Gasteiger partial charge in [-0.2, -0.15) is 0 Å². The van der Waals surface area contributed by atoms with E-state index >= 15 is 0 Å². The quantitative estimate of drug-likeness (QED) is 0.0266. The first-order valence-corrected chi connectivity index (χ1v) is 24.6. The van der Waals surface area contributed by atoms with Crippen molar-refractivity contribution in [2.75, 3.05) is 19.8 Å². The van der Waals surface area contributed by atoms with Gasteiger partial charge in [-0.1, -0.05) is 172 Å². The third kappa shape index (κ3) is 31.7. The third-order valence-corrected chi connectivity index (χ3v) is 11.2. The second-order valence-corrected chi connectivity index (χ2v) is 16.9. The van der Waals surface area contributed by atoms with Crippen molar-refractivity contribution in [2.45, 2.75) is 250 Å². The number of rotatable bonds is 41. The van der Waals surface area contributed by atoms with Crippen LogP contribution in [-0.4, -0.2) is 89.0 Å². The Kier molecular flexibility index (Phi) is 38.2. The molecule has 1 fully saturated rings. The van der Waals surface area contributed by atoms with Crippen LogP contribution in [0.5, 0.6) is 0 Å². The number of aliphatic hydroxyl groups excluding tert-OH is 4. The predicted molar refractivity (Wildman–Crippen MR) is 242 cm³/mol. The molecule has 1 aliphatic heterocycles. The Labute approximate surface area is 366 Å². The Bertz CT molecular complexity index is 1080. The molecule has 60 heavy (non-hydrogen) atoms. The van der Waals surface area contributed by atoms with Gasteiger partial charge in [0, 0.05) is 12.8 Å². The third-order valence-electron chi connectivity index (χ3n) is 11.2. The van der Waals surface area contributed by atoms with Crippen molar-refractivity contribution >= 4 is 11.9 Å². The van der Waals surface area contributed by atoms with E-state index in [1.807, 2.05) is 0 Å². The van der Waals surface area contributed by atoms with Crippen LogP contribution >= 0.6 is 0 Å². The standard InChI is InChI=1S/C50H90O10/c1-3-5-7-9-11-13-15-17-19-20-21-22-23-24-25-27-29-31-33-35-37-39-46(53)59-43(42-58-50-49(56)48(55)47(54)44(40-51)60-50)41-57-45(52)38-36-34-32-30-28-26-18-16-14-12-10-8-6-4-2/h10,12,16-19,43-44,47-51,54-56H,3-9,11,13-15,20-42H2,1-2H3/b12-10+,18-16+,19-17+/t43-,44-,47+,48?,49?,50-/m1/s1. The molecule has 0 spiro atoms. The SMILES string of the molecule is CCCC/C=C/C/C=C/CCCCCCCC(=O)OC[C@H](CO[C@@H]1O[C@H](CO)[C@H](O)C(O)C1O)OC(=O)CCCCCCCCCCCCC/C=C/CCCCCCCC. The number of allylic oxidation sites excluding steroid dienone is 6. The van der Waals surface area contributed by atoms with E-state index in [9.17, 15) is 30.0 Å². The Morgan fingerprint density at radius 2 is 0.950 bits per heavy atom. The van der Waals surface area contributed by atoms with E-state index in [-0.39, 0.29) is 32.0 Å². The summed E-state index contributed by atoms with van der Waals surface area (Å²) in [6, 6.07) is 0. The smallest absolute Gasteiger partial charge is 0.306 e. The van der Waals surface area contributed by atoms with E-state index in [1.165, 1.54) is 109 Å². The van der Waals surface area contributed by atoms with Gasteiger partial charge in [0.15, 0.2) is 12.4 Å². The van der Waals surface area contributed by atoms with Gasteiger partial charge in [-0.25, -0.2) is 0 Å². The molecule has 0 amide bonds. The van der Waals surface area contributed by atoms with E-state index in [4.69, 9.17) is 18.9 Å². The average molecular weight is 851 g/mol. The van der Waals surface area contributed by atoms with Crippen LogP contribution in [0.3, 0.4) is 0 Å². The summed E-state index contributed by atoms with van der Waals surface area (Å²) >= 11 is 0. The van der Waals surface area contributed by atoms with Crippen LogP contribution in [0.1, 0.15) is 213 Å². The van der Waals surface area contributed by atoms with E-state index in [0.717, 1.165) is 64.2 Å². The fourth-order valence-electron chi connectivity index (χ4n) is 7.32. The molecule has 1 saturated heterocycles. The monoisotopic (exact) mass is 851 g/mol. The highest BCUT2D eigenvalue weighted by Gasteiger charge is 2.44. The number of hydrogen-bond acceptors (Lipinski definition) is 10. The molecule has 1 aliphatic rings. The number of hydrogen-bond donors (Lipinski definition) is 4. The van der Waals surface area contributed by atoms with E-state index in [2.05, 4.69) is 50.3 Å². The second kappa shape index (κ2) is 41.0. The molecule has 4 N–H and O–H groups in total. The van der Waals surface area contributed by atoms with E-state index < -0.39 is 49.4 Å². The molecule has 0 aromatic carbocycles. The van der Waals surface area contributed by atoms with Gasteiger partial charge in [0.05, 0.1) is 13.2 Å². The Balaban J connectivity index is 2.27. The fourth-order valence-corrected chi connectivity index (χ4v) is 7.32. The number of esters is 2. The lowest BCUT2D eigenvalue weighted by molar-refractivity contribution is -0.305. The van der Waals surface area contributed by atoms with Gasteiger partial charge in [0.1, 0.15) is 31.0 Å². The van der Waals surface area contributed by atoms with Crippen LogP contribution in [0.25, 0.3) is 0 Å². The highest BCUT2D eigenvalue weighted by Crippen LogP contribution is 2.23. The van der Waals surface area contributed by atoms with Crippen LogP contribution in [0.4, 0.5) is 0 Å². The number of carbonyl (C=O) groups excluding carboxylic acids is 2. The topological polar surface area (TPSA) is 152 Å². The van der Waals surface area contributed by atoms with Crippen LogP contribution < -0.4 is 0 Å². The minimum atomic E-state index is -1.60. The Hall–Kier alpha value is -2.08.